The molecule has 1 saturated heterocycles. The molecule has 42 heavy (non-hydrogen) atoms. The molecule has 0 saturated carbocycles. The quantitative estimate of drug-likeness (QED) is 0.284. The van der Waals surface area contributed by atoms with Crippen molar-refractivity contribution in [3.05, 3.63) is 41.0 Å². The van der Waals surface area contributed by atoms with Gasteiger partial charge in [0.2, 0.25) is 0 Å². The van der Waals surface area contributed by atoms with Crippen molar-refractivity contribution >= 4 is 5.78 Å². The zero-order valence-electron chi connectivity index (χ0n) is 23.3. The number of Topliss-reactive ketones (excluding diaryl/α,β-unsaturated/α-hetero) is 1. The second-order valence-electron chi connectivity index (χ2n) is 11.1. The monoisotopic (exact) mass is 590 g/mol. The second kappa shape index (κ2) is 10.8. The number of carbonyl (C=O) groups excluding carboxylic acids is 1. The van der Waals surface area contributed by atoms with Crippen LogP contribution in [0.4, 0.5) is 0 Å². The van der Waals surface area contributed by atoms with Crippen LogP contribution in [0.2, 0.25) is 0 Å². The summed E-state index contributed by atoms with van der Waals surface area (Å²) >= 11 is 0. The number of aliphatic hydroxyl groups excluding tert-OH is 5. The molecular weight excluding hydrogens is 556 g/mol. The van der Waals surface area contributed by atoms with Crippen molar-refractivity contribution in [3.8, 4) is 28.7 Å². The van der Waals surface area contributed by atoms with E-state index in [0.29, 0.717) is 45.4 Å². The minimum Gasteiger partial charge on any atom is -0.493 e. The molecule has 4 aliphatic rings. The maximum atomic E-state index is 13.9. The van der Waals surface area contributed by atoms with E-state index in [4.69, 9.17) is 33.2 Å². The van der Waals surface area contributed by atoms with Crippen LogP contribution in [0.5, 0.6) is 28.7 Å². The molecule has 0 aromatic heterocycles. The molecule has 13 nitrogen and oxygen atoms in total. The predicted molar refractivity (Wildman–Crippen MR) is 141 cm³/mol. The van der Waals surface area contributed by atoms with Gasteiger partial charge in [-0.15, -0.1) is 0 Å². The highest BCUT2D eigenvalue weighted by Gasteiger charge is 2.51. The lowest BCUT2D eigenvalue weighted by molar-refractivity contribution is -0.335. The average molecular weight is 591 g/mol. The lowest BCUT2D eigenvalue weighted by Gasteiger charge is -2.44. The molecule has 0 bridgehead atoms. The number of hydrogen-bond donors (Lipinski definition) is 5. The molecule has 2 aromatic rings. The van der Waals surface area contributed by atoms with E-state index in [1.165, 1.54) is 14.2 Å². The van der Waals surface area contributed by atoms with Crippen LogP contribution in [0.1, 0.15) is 34.3 Å². The number of aliphatic hydroxyl groups is 5. The maximum Gasteiger partial charge on any atom is 0.187 e. The highest BCUT2D eigenvalue weighted by molar-refractivity contribution is 6.06. The summed E-state index contributed by atoms with van der Waals surface area (Å²) in [7, 11) is 3.04. The van der Waals surface area contributed by atoms with Crippen LogP contribution in [-0.2, 0) is 15.9 Å². The van der Waals surface area contributed by atoms with Crippen LogP contribution >= 0.6 is 0 Å². The highest BCUT2D eigenvalue weighted by atomic mass is 16.7. The molecule has 0 radical (unpaired) electrons. The summed E-state index contributed by atoms with van der Waals surface area (Å²) in [6, 6.07) is 6.72. The van der Waals surface area contributed by atoms with Gasteiger partial charge in [0.15, 0.2) is 23.6 Å². The Kier molecular flexibility index (Phi) is 7.46. The fourth-order valence-corrected chi connectivity index (χ4v) is 6.05. The zero-order chi connectivity index (χ0) is 29.9. The molecule has 13 heteroatoms. The van der Waals surface area contributed by atoms with Crippen LogP contribution < -0.4 is 23.7 Å². The van der Waals surface area contributed by atoms with Crippen LogP contribution in [0, 0.1) is 0 Å². The molecule has 4 heterocycles. The molecule has 5 N–H and O–H groups in total. The van der Waals surface area contributed by atoms with E-state index in [0.717, 1.165) is 0 Å². The lowest BCUT2D eigenvalue weighted by Crippen LogP contribution is -2.62. The number of ketones is 1. The topological polar surface area (TPSA) is 183 Å². The first-order valence-electron chi connectivity index (χ1n) is 13.6. The maximum absolute atomic E-state index is 13.9. The minimum atomic E-state index is -1.66. The Morgan fingerprint density at radius 2 is 1.71 bits per heavy atom. The number of rotatable bonds is 7. The normalized spacial score (nSPS) is 32.6. The Morgan fingerprint density at radius 3 is 2.40 bits per heavy atom. The molecule has 1 fully saturated rings. The van der Waals surface area contributed by atoms with E-state index in [1.807, 2.05) is 0 Å². The van der Waals surface area contributed by atoms with Crippen molar-refractivity contribution in [2.45, 2.75) is 67.8 Å². The number of benzene rings is 2. The van der Waals surface area contributed by atoms with E-state index >= 15 is 0 Å². The Morgan fingerprint density at radius 1 is 0.976 bits per heavy atom. The molecule has 6 rings (SSSR count). The van der Waals surface area contributed by atoms with Gasteiger partial charge in [-0.2, -0.15) is 0 Å². The van der Waals surface area contributed by atoms with Gasteiger partial charge in [-0.05, 0) is 25.1 Å². The predicted octanol–water partition coefficient (Wildman–Crippen LogP) is -0.305. The van der Waals surface area contributed by atoms with Crippen molar-refractivity contribution in [2.24, 2.45) is 0 Å². The van der Waals surface area contributed by atoms with E-state index < -0.39 is 67.6 Å². The van der Waals surface area contributed by atoms with Crippen LogP contribution in [-0.4, -0.2) is 114 Å². The first kappa shape index (κ1) is 28.9. The number of ether oxygens (including phenoxy) is 7. The van der Waals surface area contributed by atoms with Gasteiger partial charge in [-0.1, -0.05) is 0 Å². The number of carbonyl (C=O) groups is 1. The number of fused-ring (bicyclic) bond motifs is 6. The smallest absolute Gasteiger partial charge is 0.187 e. The summed E-state index contributed by atoms with van der Waals surface area (Å²) in [6.45, 7) is 0.484. The summed E-state index contributed by atoms with van der Waals surface area (Å²) in [5.41, 5.74) is 0.153. The van der Waals surface area contributed by atoms with Gasteiger partial charge in [0.1, 0.15) is 66.1 Å². The van der Waals surface area contributed by atoms with Crippen molar-refractivity contribution in [2.75, 3.05) is 34.0 Å². The Labute approximate surface area is 241 Å². The van der Waals surface area contributed by atoms with E-state index in [1.54, 1.807) is 31.2 Å². The Balaban J connectivity index is 1.27. The van der Waals surface area contributed by atoms with Gasteiger partial charge < -0.3 is 58.7 Å². The fourth-order valence-electron chi connectivity index (χ4n) is 6.05. The molecule has 9 atom stereocenters. The summed E-state index contributed by atoms with van der Waals surface area (Å²) < 4.78 is 40.8. The van der Waals surface area contributed by atoms with Crippen molar-refractivity contribution in [1.82, 2.24) is 0 Å². The molecule has 0 amide bonds. The summed E-state index contributed by atoms with van der Waals surface area (Å²) in [6.07, 6.45) is -8.76. The summed E-state index contributed by atoms with van der Waals surface area (Å²) in [4.78, 5) is 13.9. The first-order chi connectivity index (χ1) is 20.1. The van der Waals surface area contributed by atoms with Crippen molar-refractivity contribution in [1.29, 1.82) is 0 Å². The first-order valence-corrected chi connectivity index (χ1v) is 13.6. The van der Waals surface area contributed by atoms with Gasteiger partial charge in [-0.3, -0.25) is 4.79 Å². The van der Waals surface area contributed by atoms with Crippen molar-refractivity contribution in [3.63, 3.8) is 0 Å². The van der Waals surface area contributed by atoms with Gasteiger partial charge in [0.05, 0.1) is 38.9 Å². The largest absolute Gasteiger partial charge is 0.493 e. The number of hydrogen-bond acceptors (Lipinski definition) is 13. The number of methoxy groups -OCH3 is 2. The lowest BCUT2D eigenvalue weighted by atomic mass is 9.81. The third-order valence-electron chi connectivity index (χ3n) is 8.55. The Bertz CT molecular complexity index is 1360. The Hall–Kier alpha value is -3.17. The highest BCUT2D eigenvalue weighted by Crippen LogP contribution is 2.50. The van der Waals surface area contributed by atoms with Gasteiger partial charge in [-0.25, -0.2) is 0 Å². The van der Waals surface area contributed by atoms with E-state index in [-0.39, 0.29) is 18.8 Å². The third-order valence-corrected chi connectivity index (χ3v) is 8.55. The van der Waals surface area contributed by atoms with Crippen LogP contribution in [0.25, 0.3) is 0 Å². The van der Waals surface area contributed by atoms with Crippen molar-refractivity contribution < 1.29 is 63.5 Å². The molecule has 1 unspecified atom stereocenters. The van der Waals surface area contributed by atoms with Crippen LogP contribution in [0.3, 0.4) is 0 Å². The minimum absolute atomic E-state index is 0.126. The average Bonchev–Trinajstić information content (AvgIpc) is 3.46. The molecule has 4 aliphatic heterocycles. The molecule has 2 aromatic carbocycles. The van der Waals surface area contributed by atoms with Gasteiger partial charge in [0.25, 0.3) is 0 Å². The summed E-state index contributed by atoms with van der Waals surface area (Å²) in [5, 5.41) is 50.6. The molecule has 0 aliphatic carbocycles. The standard InChI is InChI=1S/C29H34O13/c1-29(11-31,42-28-26(35)25(34)24(33)19(9-30)41-28)21-7-14-15(39-21)5-4-12-23(32)22-13-6-17(36-2)18(37-3)8-16(13)38-10-20(22)40-27(12)14/h4-6,8,19-22,24-26,28,30-31,33-35H,7,9-11H2,1-3H3/t19-,20-,21-,22+,24-,25+,26-,28+,29?/m1/s1. The van der Waals surface area contributed by atoms with Crippen LogP contribution in [0.15, 0.2) is 24.3 Å². The molecular formula is C29H34O13. The zero-order valence-corrected chi connectivity index (χ0v) is 23.3. The fraction of sp³-hybridized carbons (Fsp3) is 0.552. The van der Waals surface area contributed by atoms with E-state index in [9.17, 15) is 30.3 Å². The van der Waals surface area contributed by atoms with Gasteiger partial charge >= 0.3 is 0 Å². The SMILES string of the molecule is COc1cc2c(cc1OC)[C@@H]1C(=O)c3ccc4c(c3O[C@@H]1CO2)C[C@H](C(C)(CO)O[C@@H]1O[C@H](CO)[C@@H](O)[C@H](O)[C@H]1O)O4. The van der Waals surface area contributed by atoms with E-state index in [2.05, 4.69) is 0 Å². The second-order valence-corrected chi connectivity index (χ2v) is 11.1. The van der Waals surface area contributed by atoms with Gasteiger partial charge in [0, 0.05) is 23.6 Å². The summed E-state index contributed by atoms with van der Waals surface area (Å²) in [5.74, 6) is 1.49. The molecule has 228 valence electrons. The molecule has 0 spiro atoms. The third kappa shape index (κ3) is 4.47.